The first kappa shape index (κ1) is 23.9. The number of hydrazine groups is 1. The monoisotopic (exact) mass is 479 g/mol. The van der Waals surface area contributed by atoms with Crippen molar-refractivity contribution in [1.82, 2.24) is 15.2 Å². The second-order valence-corrected chi connectivity index (χ2v) is 9.63. The number of halogens is 1. The first-order valence-corrected chi connectivity index (χ1v) is 12.1. The molecule has 1 aliphatic heterocycles. The first-order chi connectivity index (χ1) is 15.4. The molecule has 2 aromatic carbocycles. The van der Waals surface area contributed by atoms with E-state index in [1.807, 2.05) is 0 Å². The standard InChI is InChI=1S/C21H22FN3O5S2/c22-18-3-1-2-4-19(18)31-15-21(27)24-23-20(26)10-7-16-5-8-17(9-6-16)32(28,29)25-11-13-30-14-12-25/h1-10H,11-15H2,(H,23,26)(H,24,27)/b10-7+. The molecule has 1 heterocycles. The minimum atomic E-state index is -3.58. The van der Waals surface area contributed by atoms with Crippen LogP contribution >= 0.6 is 11.8 Å². The summed E-state index contributed by atoms with van der Waals surface area (Å²) in [6, 6.07) is 12.2. The third-order valence-electron chi connectivity index (χ3n) is 4.44. The van der Waals surface area contributed by atoms with E-state index in [2.05, 4.69) is 10.9 Å². The van der Waals surface area contributed by atoms with E-state index in [0.29, 0.717) is 36.8 Å². The summed E-state index contributed by atoms with van der Waals surface area (Å²) in [7, 11) is -3.58. The van der Waals surface area contributed by atoms with E-state index in [4.69, 9.17) is 4.74 Å². The Hall–Kier alpha value is -2.73. The van der Waals surface area contributed by atoms with Crippen molar-refractivity contribution in [2.45, 2.75) is 9.79 Å². The maximum absolute atomic E-state index is 13.5. The van der Waals surface area contributed by atoms with Crippen molar-refractivity contribution >= 4 is 39.7 Å². The van der Waals surface area contributed by atoms with Crippen LogP contribution in [0.2, 0.25) is 0 Å². The van der Waals surface area contributed by atoms with E-state index in [1.54, 1.807) is 30.3 Å². The van der Waals surface area contributed by atoms with Gasteiger partial charge in [-0.1, -0.05) is 24.3 Å². The number of amides is 2. The van der Waals surface area contributed by atoms with Gasteiger partial charge in [0.1, 0.15) is 5.82 Å². The number of hydrogen-bond acceptors (Lipinski definition) is 6. The predicted molar refractivity (Wildman–Crippen MR) is 118 cm³/mol. The topological polar surface area (TPSA) is 105 Å². The van der Waals surface area contributed by atoms with Gasteiger partial charge in [-0.15, -0.1) is 11.8 Å². The molecule has 1 saturated heterocycles. The summed E-state index contributed by atoms with van der Waals surface area (Å²) < 4.78 is 45.3. The molecule has 2 aromatic rings. The lowest BCUT2D eigenvalue weighted by atomic mass is 10.2. The summed E-state index contributed by atoms with van der Waals surface area (Å²) in [6.07, 6.45) is 2.69. The fraction of sp³-hybridized carbons (Fsp3) is 0.238. The number of thioether (sulfide) groups is 1. The second kappa shape index (κ2) is 11.2. The lowest BCUT2D eigenvalue weighted by Gasteiger charge is -2.26. The van der Waals surface area contributed by atoms with Crippen molar-refractivity contribution in [2.24, 2.45) is 0 Å². The highest BCUT2D eigenvalue weighted by Crippen LogP contribution is 2.20. The Kier molecular flexibility index (Phi) is 8.39. The van der Waals surface area contributed by atoms with Crippen LogP contribution in [0.3, 0.4) is 0 Å². The Labute approximate surface area is 189 Å². The molecule has 11 heteroatoms. The molecule has 1 aliphatic rings. The highest BCUT2D eigenvalue weighted by atomic mass is 32.2. The van der Waals surface area contributed by atoms with E-state index in [-0.39, 0.29) is 10.6 Å². The van der Waals surface area contributed by atoms with Gasteiger partial charge in [0.25, 0.3) is 5.91 Å². The maximum atomic E-state index is 13.5. The van der Waals surface area contributed by atoms with Crippen LogP contribution in [0.25, 0.3) is 6.08 Å². The Morgan fingerprint density at radius 1 is 1.06 bits per heavy atom. The van der Waals surface area contributed by atoms with Crippen LogP contribution < -0.4 is 10.9 Å². The molecule has 170 valence electrons. The van der Waals surface area contributed by atoms with E-state index in [9.17, 15) is 22.4 Å². The Morgan fingerprint density at radius 2 is 1.75 bits per heavy atom. The molecular weight excluding hydrogens is 457 g/mol. The summed E-state index contributed by atoms with van der Waals surface area (Å²) in [4.78, 5) is 24.2. The number of morpholine rings is 1. The predicted octanol–water partition coefficient (Wildman–Crippen LogP) is 1.80. The van der Waals surface area contributed by atoms with Gasteiger partial charge in [0, 0.05) is 24.1 Å². The number of sulfonamides is 1. The molecule has 8 nitrogen and oxygen atoms in total. The highest BCUT2D eigenvalue weighted by Gasteiger charge is 2.25. The zero-order valence-corrected chi connectivity index (χ0v) is 18.6. The van der Waals surface area contributed by atoms with Gasteiger partial charge >= 0.3 is 0 Å². The van der Waals surface area contributed by atoms with Crippen molar-refractivity contribution in [3.8, 4) is 0 Å². The quantitative estimate of drug-likeness (QED) is 0.357. The summed E-state index contributed by atoms with van der Waals surface area (Å²) in [6.45, 7) is 1.37. The Bertz CT molecular complexity index is 1080. The largest absolute Gasteiger partial charge is 0.379 e. The van der Waals surface area contributed by atoms with Gasteiger partial charge in [0.2, 0.25) is 15.9 Å². The van der Waals surface area contributed by atoms with E-state index >= 15 is 0 Å². The van der Waals surface area contributed by atoms with Gasteiger partial charge in [-0.05, 0) is 35.9 Å². The summed E-state index contributed by atoms with van der Waals surface area (Å²) in [5.74, 6) is -1.54. The highest BCUT2D eigenvalue weighted by molar-refractivity contribution is 8.00. The molecule has 0 aromatic heterocycles. The molecule has 0 spiro atoms. The number of benzene rings is 2. The molecule has 1 fully saturated rings. The average molecular weight is 480 g/mol. The fourth-order valence-electron chi connectivity index (χ4n) is 2.77. The summed E-state index contributed by atoms with van der Waals surface area (Å²) in [5, 5.41) is 0. The molecule has 32 heavy (non-hydrogen) atoms. The molecule has 0 bridgehead atoms. The second-order valence-electron chi connectivity index (χ2n) is 6.68. The minimum Gasteiger partial charge on any atom is -0.379 e. The molecule has 0 atom stereocenters. The lowest BCUT2D eigenvalue weighted by molar-refractivity contribution is -0.125. The fourth-order valence-corrected chi connectivity index (χ4v) is 4.92. The first-order valence-electron chi connectivity index (χ1n) is 9.68. The minimum absolute atomic E-state index is 0.0655. The van der Waals surface area contributed by atoms with Crippen molar-refractivity contribution in [2.75, 3.05) is 32.1 Å². The lowest BCUT2D eigenvalue weighted by Crippen LogP contribution is -2.41. The van der Waals surface area contributed by atoms with Gasteiger partial charge < -0.3 is 4.74 Å². The van der Waals surface area contributed by atoms with Gasteiger partial charge in [0.05, 0.1) is 23.9 Å². The van der Waals surface area contributed by atoms with Gasteiger partial charge in [0.15, 0.2) is 0 Å². The Morgan fingerprint density at radius 3 is 2.44 bits per heavy atom. The molecule has 0 saturated carbocycles. The molecule has 0 radical (unpaired) electrons. The van der Waals surface area contributed by atoms with E-state index < -0.39 is 27.7 Å². The zero-order chi connectivity index (χ0) is 23.0. The van der Waals surface area contributed by atoms with Crippen molar-refractivity contribution in [3.05, 3.63) is 66.0 Å². The van der Waals surface area contributed by atoms with Gasteiger partial charge in [-0.25, -0.2) is 12.8 Å². The van der Waals surface area contributed by atoms with Crippen molar-refractivity contribution in [3.63, 3.8) is 0 Å². The van der Waals surface area contributed by atoms with Crippen LogP contribution in [-0.4, -0.2) is 56.6 Å². The number of carbonyl (C=O) groups excluding carboxylic acids is 2. The molecule has 2 N–H and O–H groups in total. The number of carbonyl (C=O) groups is 2. The molecule has 0 unspecified atom stereocenters. The van der Waals surface area contributed by atoms with Crippen LogP contribution in [0.15, 0.2) is 64.4 Å². The molecule has 2 amide bonds. The van der Waals surface area contributed by atoms with Crippen LogP contribution in [0.4, 0.5) is 4.39 Å². The van der Waals surface area contributed by atoms with Crippen molar-refractivity contribution < 1.29 is 27.1 Å². The molecule has 3 rings (SSSR count). The SMILES string of the molecule is O=C(/C=C/c1ccc(S(=O)(=O)N2CCOCC2)cc1)NNC(=O)CSc1ccccc1F. The number of nitrogens with zero attached hydrogens (tertiary/aromatic N) is 1. The van der Waals surface area contributed by atoms with E-state index in [0.717, 1.165) is 11.8 Å². The van der Waals surface area contributed by atoms with Gasteiger partial charge in [-0.2, -0.15) is 4.31 Å². The number of hydrogen-bond donors (Lipinski definition) is 2. The van der Waals surface area contributed by atoms with Crippen LogP contribution in [0, 0.1) is 5.82 Å². The summed E-state index contributed by atoms with van der Waals surface area (Å²) >= 11 is 1.01. The smallest absolute Gasteiger partial charge is 0.262 e. The van der Waals surface area contributed by atoms with Crippen molar-refractivity contribution in [1.29, 1.82) is 0 Å². The maximum Gasteiger partial charge on any atom is 0.262 e. The third-order valence-corrected chi connectivity index (χ3v) is 7.40. The van der Waals surface area contributed by atoms with E-state index in [1.165, 1.54) is 34.7 Å². The average Bonchev–Trinajstić information content (AvgIpc) is 2.81. The molecular formula is C21H22FN3O5S2. The van der Waals surface area contributed by atoms with Gasteiger partial charge in [-0.3, -0.25) is 20.4 Å². The van der Waals surface area contributed by atoms with Crippen LogP contribution in [-0.2, 0) is 24.3 Å². The normalized spacial score (nSPS) is 14.9. The van der Waals surface area contributed by atoms with Crippen LogP contribution in [0.5, 0.6) is 0 Å². The Balaban J connectivity index is 1.46. The third kappa shape index (κ3) is 6.63. The summed E-state index contributed by atoms with van der Waals surface area (Å²) in [5.41, 5.74) is 5.09. The number of nitrogens with one attached hydrogen (secondary N) is 2. The van der Waals surface area contributed by atoms with Crippen LogP contribution in [0.1, 0.15) is 5.56 Å². The molecule has 0 aliphatic carbocycles. The zero-order valence-electron chi connectivity index (χ0n) is 17.0. The number of rotatable bonds is 7. The number of ether oxygens (including phenoxy) is 1.